The molecule has 1 aromatic heterocycles. The molecule has 1 amide bonds. The molecule has 4 nitrogen and oxygen atoms in total. The van der Waals surface area contributed by atoms with Crippen molar-refractivity contribution < 1.29 is 4.79 Å². The maximum atomic E-state index is 13.2. The molecule has 1 aliphatic heterocycles. The molecule has 0 N–H and O–H groups in total. The largest absolute Gasteiger partial charge is 0.336 e. The fraction of sp³-hybridized carbons (Fsp3) is 0.154. The summed E-state index contributed by atoms with van der Waals surface area (Å²) in [6.07, 6.45) is 0.778. The number of aromatic nitrogens is 2. The lowest BCUT2D eigenvalue weighted by Gasteiger charge is -2.29. The van der Waals surface area contributed by atoms with Gasteiger partial charge in [0.05, 0.1) is 11.4 Å². The summed E-state index contributed by atoms with van der Waals surface area (Å²) in [6, 6.07) is 28.1. The number of halogens is 1. The van der Waals surface area contributed by atoms with E-state index in [1.54, 1.807) is 0 Å². The average Bonchev–Trinajstić information content (AvgIpc) is 3.24. The molecule has 0 radical (unpaired) electrons. The molecule has 3 aromatic carbocycles. The summed E-state index contributed by atoms with van der Waals surface area (Å²) in [7, 11) is 0. The first-order valence-electron chi connectivity index (χ1n) is 10.4. The molecular formula is C26H22ClN3O. The van der Waals surface area contributed by atoms with Gasteiger partial charge in [-0.3, -0.25) is 9.48 Å². The number of hydrogen-bond donors (Lipinski definition) is 0. The SMILES string of the molecule is O=C(Cn1nc(-c2ccccc2)cc1-c1ccccc1)N1CCc2c(Cl)cccc2C1. The molecule has 2 heterocycles. The molecule has 154 valence electrons. The number of nitrogens with zero attached hydrogens (tertiary/aromatic N) is 3. The Kier molecular flexibility index (Phi) is 5.31. The molecule has 0 atom stereocenters. The highest BCUT2D eigenvalue weighted by atomic mass is 35.5. The second-order valence-electron chi connectivity index (χ2n) is 7.75. The zero-order valence-electron chi connectivity index (χ0n) is 17.0. The van der Waals surface area contributed by atoms with Crippen molar-refractivity contribution in [3.8, 4) is 22.5 Å². The van der Waals surface area contributed by atoms with Gasteiger partial charge in [-0.1, -0.05) is 84.4 Å². The average molecular weight is 428 g/mol. The summed E-state index contributed by atoms with van der Waals surface area (Å²) in [5.41, 5.74) is 6.16. The second kappa shape index (κ2) is 8.40. The van der Waals surface area contributed by atoms with Crippen LogP contribution in [-0.4, -0.2) is 27.1 Å². The van der Waals surface area contributed by atoms with Gasteiger partial charge in [-0.2, -0.15) is 5.10 Å². The zero-order valence-corrected chi connectivity index (χ0v) is 17.8. The monoisotopic (exact) mass is 427 g/mol. The lowest BCUT2D eigenvalue weighted by Crippen LogP contribution is -2.38. The predicted octanol–water partition coefficient (Wildman–Crippen LogP) is 5.46. The Hall–Kier alpha value is -3.37. The quantitative estimate of drug-likeness (QED) is 0.434. The Morgan fingerprint density at radius 1 is 0.903 bits per heavy atom. The lowest BCUT2D eigenvalue weighted by molar-refractivity contribution is -0.132. The van der Waals surface area contributed by atoms with Gasteiger partial charge in [0.2, 0.25) is 5.91 Å². The first-order valence-corrected chi connectivity index (χ1v) is 10.8. The normalized spacial score (nSPS) is 13.1. The van der Waals surface area contributed by atoms with E-state index < -0.39 is 0 Å². The van der Waals surface area contributed by atoms with Crippen LogP contribution in [0.5, 0.6) is 0 Å². The van der Waals surface area contributed by atoms with Crippen molar-refractivity contribution in [3.05, 3.63) is 101 Å². The molecule has 4 aromatic rings. The van der Waals surface area contributed by atoms with Gasteiger partial charge in [0.25, 0.3) is 0 Å². The molecule has 0 unspecified atom stereocenters. The van der Waals surface area contributed by atoms with E-state index >= 15 is 0 Å². The van der Waals surface area contributed by atoms with Crippen molar-refractivity contribution in [2.24, 2.45) is 0 Å². The minimum Gasteiger partial charge on any atom is -0.336 e. The van der Waals surface area contributed by atoms with Crippen LogP contribution in [0.2, 0.25) is 5.02 Å². The van der Waals surface area contributed by atoms with E-state index in [4.69, 9.17) is 16.7 Å². The van der Waals surface area contributed by atoms with Crippen LogP contribution in [0, 0.1) is 0 Å². The first kappa shape index (κ1) is 19.6. The van der Waals surface area contributed by atoms with E-state index in [2.05, 4.69) is 12.1 Å². The van der Waals surface area contributed by atoms with Crippen molar-refractivity contribution in [3.63, 3.8) is 0 Å². The molecule has 31 heavy (non-hydrogen) atoms. The highest BCUT2D eigenvalue weighted by molar-refractivity contribution is 6.31. The molecule has 5 heteroatoms. The standard InChI is InChI=1S/C26H22ClN3O/c27-23-13-7-12-21-17-29(15-14-22(21)23)26(31)18-30-25(20-10-5-2-6-11-20)16-24(28-30)19-8-3-1-4-9-19/h1-13,16H,14-15,17-18H2. The number of rotatable bonds is 4. The van der Waals surface area contributed by atoms with Crippen LogP contribution in [0.4, 0.5) is 0 Å². The molecule has 0 fully saturated rings. The fourth-order valence-electron chi connectivity index (χ4n) is 4.13. The minimum absolute atomic E-state index is 0.0607. The maximum absolute atomic E-state index is 13.2. The number of hydrogen-bond acceptors (Lipinski definition) is 2. The van der Waals surface area contributed by atoms with Gasteiger partial charge in [0.1, 0.15) is 6.54 Å². The number of benzene rings is 3. The molecule has 0 spiro atoms. The highest BCUT2D eigenvalue weighted by Gasteiger charge is 2.23. The molecule has 1 aliphatic rings. The predicted molar refractivity (Wildman–Crippen MR) is 124 cm³/mol. The Morgan fingerprint density at radius 3 is 2.35 bits per heavy atom. The first-order chi connectivity index (χ1) is 15.2. The van der Waals surface area contributed by atoms with Crippen LogP contribution in [0.15, 0.2) is 84.9 Å². The van der Waals surface area contributed by atoms with E-state index in [0.29, 0.717) is 13.1 Å². The summed E-state index contributed by atoms with van der Waals surface area (Å²) in [5, 5.41) is 5.59. The van der Waals surface area contributed by atoms with Gasteiger partial charge in [0, 0.05) is 23.7 Å². The van der Waals surface area contributed by atoms with Crippen LogP contribution < -0.4 is 0 Å². The van der Waals surface area contributed by atoms with Crippen molar-refractivity contribution in [2.45, 2.75) is 19.5 Å². The van der Waals surface area contributed by atoms with Gasteiger partial charge in [-0.15, -0.1) is 0 Å². The number of amides is 1. The Morgan fingerprint density at radius 2 is 1.61 bits per heavy atom. The third-order valence-corrected chi connectivity index (χ3v) is 6.12. The molecule has 0 saturated heterocycles. The summed E-state index contributed by atoms with van der Waals surface area (Å²) in [4.78, 5) is 15.1. The molecule has 0 saturated carbocycles. The topological polar surface area (TPSA) is 38.1 Å². The summed E-state index contributed by atoms with van der Waals surface area (Å²) in [5.74, 6) is 0.0607. The summed E-state index contributed by atoms with van der Waals surface area (Å²) in [6.45, 7) is 1.46. The Bertz CT molecular complexity index is 1220. The Balaban J connectivity index is 1.44. The fourth-order valence-corrected chi connectivity index (χ4v) is 4.42. The second-order valence-corrected chi connectivity index (χ2v) is 8.15. The van der Waals surface area contributed by atoms with Gasteiger partial charge in [-0.25, -0.2) is 0 Å². The van der Waals surface area contributed by atoms with Crippen LogP contribution in [-0.2, 0) is 24.3 Å². The Labute approximate surface area is 186 Å². The number of fused-ring (bicyclic) bond motifs is 1. The molecule has 5 rings (SSSR count). The van der Waals surface area contributed by atoms with Gasteiger partial charge >= 0.3 is 0 Å². The summed E-state index contributed by atoms with van der Waals surface area (Å²) < 4.78 is 1.83. The van der Waals surface area contributed by atoms with Gasteiger partial charge in [-0.05, 0) is 35.2 Å². The summed E-state index contributed by atoms with van der Waals surface area (Å²) >= 11 is 6.33. The van der Waals surface area contributed by atoms with E-state index in [1.165, 1.54) is 0 Å². The number of carbonyl (C=O) groups is 1. The smallest absolute Gasteiger partial charge is 0.244 e. The van der Waals surface area contributed by atoms with Crippen LogP contribution >= 0.6 is 11.6 Å². The van der Waals surface area contributed by atoms with Crippen LogP contribution in [0.1, 0.15) is 11.1 Å². The molecular weight excluding hydrogens is 406 g/mol. The zero-order chi connectivity index (χ0) is 21.2. The van der Waals surface area contributed by atoms with E-state index in [9.17, 15) is 4.79 Å². The van der Waals surface area contributed by atoms with Crippen molar-refractivity contribution >= 4 is 17.5 Å². The van der Waals surface area contributed by atoms with E-state index in [-0.39, 0.29) is 12.5 Å². The lowest BCUT2D eigenvalue weighted by atomic mass is 10.00. The third kappa shape index (κ3) is 3.99. The van der Waals surface area contributed by atoms with Crippen molar-refractivity contribution in [1.82, 2.24) is 14.7 Å². The van der Waals surface area contributed by atoms with Crippen molar-refractivity contribution in [1.29, 1.82) is 0 Å². The third-order valence-electron chi connectivity index (χ3n) is 5.77. The van der Waals surface area contributed by atoms with E-state index in [1.807, 2.05) is 82.4 Å². The minimum atomic E-state index is 0.0607. The highest BCUT2D eigenvalue weighted by Crippen LogP contribution is 2.28. The number of carbonyl (C=O) groups excluding carboxylic acids is 1. The van der Waals surface area contributed by atoms with Gasteiger partial charge in [0.15, 0.2) is 0 Å². The van der Waals surface area contributed by atoms with Crippen LogP contribution in [0.25, 0.3) is 22.5 Å². The maximum Gasteiger partial charge on any atom is 0.244 e. The van der Waals surface area contributed by atoms with E-state index in [0.717, 1.165) is 45.1 Å². The molecule has 0 bridgehead atoms. The van der Waals surface area contributed by atoms with Crippen LogP contribution in [0.3, 0.4) is 0 Å². The van der Waals surface area contributed by atoms with Gasteiger partial charge < -0.3 is 4.90 Å². The molecule has 0 aliphatic carbocycles. The van der Waals surface area contributed by atoms with Crippen molar-refractivity contribution in [2.75, 3.05) is 6.54 Å².